The summed E-state index contributed by atoms with van der Waals surface area (Å²) >= 11 is 0. The molecule has 0 amide bonds. The average molecular weight is 301 g/mol. The first kappa shape index (κ1) is 14.6. The summed E-state index contributed by atoms with van der Waals surface area (Å²) in [5.41, 5.74) is 2.03. The van der Waals surface area contributed by atoms with Crippen molar-refractivity contribution in [3.8, 4) is 0 Å². The number of hydrogen-bond donors (Lipinski definition) is 1. The molecule has 5 aliphatic rings. The number of allylic oxidation sites excluding steroid dienone is 1. The van der Waals surface area contributed by atoms with Gasteiger partial charge < -0.3 is 15.1 Å². The van der Waals surface area contributed by atoms with E-state index >= 15 is 0 Å². The van der Waals surface area contributed by atoms with Crippen molar-refractivity contribution in [3.05, 3.63) is 24.0 Å². The maximum atomic E-state index is 3.43. The van der Waals surface area contributed by atoms with Crippen LogP contribution in [0.3, 0.4) is 0 Å². The van der Waals surface area contributed by atoms with E-state index in [2.05, 4.69) is 54.2 Å². The van der Waals surface area contributed by atoms with E-state index in [0.29, 0.717) is 5.41 Å². The predicted octanol–water partition coefficient (Wildman–Crippen LogP) is 2.68. The highest BCUT2D eigenvalue weighted by molar-refractivity contribution is 5.23. The minimum absolute atomic E-state index is 0.594. The van der Waals surface area contributed by atoms with E-state index in [1.54, 1.807) is 0 Å². The lowest BCUT2D eigenvalue weighted by atomic mass is 9.44. The summed E-state index contributed by atoms with van der Waals surface area (Å²) in [6.45, 7) is 13.1. The second kappa shape index (κ2) is 5.30. The van der Waals surface area contributed by atoms with Crippen LogP contribution in [0, 0.1) is 23.2 Å². The molecule has 4 atom stereocenters. The summed E-state index contributed by atoms with van der Waals surface area (Å²) in [5.74, 6) is 2.72. The molecule has 2 unspecified atom stereocenters. The lowest BCUT2D eigenvalue weighted by molar-refractivity contribution is -0.131. The molecule has 2 bridgehead atoms. The average Bonchev–Trinajstić information content (AvgIpc) is 2.55. The van der Waals surface area contributed by atoms with Gasteiger partial charge in [0.25, 0.3) is 0 Å². The summed E-state index contributed by atoms with van der Waals surface area (Å²) in [6, 6.07) is 0.758. The SMILES string of the molecule is CC1C(N2C=CC(N3CCNCC3)=CC2)C[C@H]2C[C@@H]1C2(C)C. The zero-order valence-electron chi connectivity index (χ0n) is 14.4. The van der Waals surface area contributed by atoms with Crippen molar-refractivity contribution in [2.45, 2.75) is 39.7 Å². The van der Waals surface area contributed by atoms with Crippen LogP contribution in [0.25, 0.3) is 0 Å². The van der Waals surface area contributed by atoms with E-state index in [9.17, 15) is 0 Å². The van der Waals surface area contributed by atoms with E-state index in [4.69, 9.17) is 0 Å². The predicted molar refractivity (Wildman–Crippen MR) is 91.3 cm³/mol. The van der Waals surface area contributed by atoms with Gasteiger partial charge in [0, 0.05) is 50.7 Å². The molecule has 2 aliphatic heterocycles. The lowest BCUT2D eigenvalue weighted by Gasteiger charge is -2.63. The molecule has 0 aromatic rings. The highest BCUT2D eigenvalue weighted by Crippen LogP contribution is 2.62. The van der Waals surface area contributed by atoms with Gasteiger partial charge in [-0.15, -0.1) is 0 Å². The van der Waals surface area contributed by atoms with Crippen molar-refractivity contribution in [1.82, 2.24) is 15.1 Å². The van der Waals surface area contributed by atoms with E-state index in [1.807, 2.05) is 0 Å². The molecule has 3 saturated carbocycles. The van der Waals surface area contributed by atoms with Crippen LogP contribution in [-0.2, 0) is 0 Å². The molecule has 0 aromatic carbocycles. The molecule has 0 spiro atoms. The molecule has 3 aliphatic carbocycles. The summed E-state index contributed by atoms with van der Waals surface area (Å²) in [5, 5.41) is 3.43. The molecular formula is C19H31N3. The minimum Gasteiger partial charge on any atom is -0.370 e. The van der Waals surface area contributed by atoms with Crippen molar-refractivity contribution in [3.63, 3.8) is 0 Å². The van der Waals surface area contributed by atoms with Gasteiger partial charge in [-0.05, 0) is 48.2 Å². The molecule has 5 rings (SSSR count). The van der Waals surface area contributed by atoms with E-state index in [1.165, 1.54) is 18.5 Å². The van der Waals surface area contributed by atoms with Crippen LogP contribution in [0.15, 0.2) is 24.0 Å². The summed E-state index contributed by atoms with van der Waals surface area (Å²) < 4.78 is 0. The van der Waals surface area contributed by atoms with Crippen LogP contribution >= 0.6 is 0 Å². The fourth-order valence-corrected chi connectivity index (χ4v) is 5.46. The van der Waals surface area contributed by atoms with Crippen molar-refractivity contribution in [1.29, 1.82) is 0 Å². The van der Waals surface area contributed by atoms with E-state index in [0.717, 1.165) is 56.5 Å². The van der Waals surface area contributed by atoms with Gasteiger partial charge in [0.2, 0.25) is 0 Å². The molecule has 2 heterocycles. The molecule has 22 heavy (non-hydrogen) atoms. The third-order valence-corrected chi connectivity index (χ3v) is 7.17. The van der Waals surface area contributed by atoms with E-state index < -0.39 is 0 Å². The summed E-state index contributed by atoms with van der Waals surface area (Å²) in [4.78, 5) is 5.14. The Balaban J connectivity index is 1.40. The third kappa shape index (κ3) is 2.20. The first-order chi connectivity index (χ1) is 10.6. The first-order valence-corrected chi connectivity index (χ1v) is 9.17. The highest BCUT2D eigenvalue weighted by atomic mass is 15.2. The minimum atomic E-state index is 0.594. The molecule has 4 fully saturated rings. The number of nitrogens with one attached hydrogen (secondary N) is 1. The second-order valence-corrected chi connectivity index (χ2v) is 8.40. The Morgan fingerprint density at radius 1 is 1.18 bits per heavy atom. The number of fused-ring (bicyclic) bond motifs is 2. The maximum Gasteiger partial charge on any atom is 0.0380 e. The Hall–Kier alpha value is -0.960. The zero-order valence-corrected chi connectivity index (χ0v) is 14.4. The monoisotopic (exact) mass is 301 g/mol. The Morgan fingerprint density at radius 2 is 1.95 bits per heavy atom. The van der Waals surface area contributed by atoms with Crippen LogP contribution in [0.4, 0.5) is 0 Å². The largest absolute Gasteiger partial charge is 0.370 e. The van der Waals surface area contributed by atoms with Crippen LogP contribution in [0.1, 0.15) is 33.6 Å². The van der Waals surface area contributed by atoms with Crippen molar-refractivity contribution in [2.24, 2.45) is 23.2 Å². The quantitative estimate of drug-likeness (QED) is 0.846. The van der Waals surface area contributed by atoms with Crippen LogP contribution in [0.2, 0.25) is 0 Å². The molecule has 3 heteroatoms. The first-order valence-electron chi connectivity index (χ1n) is 9.17. The summed E-state index contributed by atoms with van der Waals surface area (Å²) in [6.07, 6.45) is 10.1. The van der Waals surface area contributed by atoms with Crippen LogP contribution in [0.5, 0.6) is 0 Å². The topological polar surface area (TPSA) is 18.5 Å². The van der Waals surface area contributed by atoms with Gasteiger partial charge in [-0.25, -0.2) is 0 Å². The molecule has 0 radical (unpaired) electrons. The smallest absolute Gasteiger partial charge is 0.0380 e. The molecule has 122 valence electrons. The number of piperazine rings is 1. The van der Waals surface area contributed by atoms with Gasteiger partial charge in [-0.1, -0.05) is 20.8 Å². The second-order valence-electron chi connectivity index (χ2n) is 8.40. The normalized spacial score (nSPS) is 40.2. The Labute approximate surface area is 135 Å². The molecular weight excluding hydrogens is 270 g/mol. The molecule has 1 N–H and O–H groups in total. The van der Waals surface area contributed by atoms with Gasteiger partial charge in [-0.3, -0.25) is 0 Å². The van der Waals surface area contributed by atoms with Gasteiger partial charge in [0.05, 0.1) is 0 Å². The van der Waals surface area contributed by atoms with Gasteiger partial charge in [-0.2, -0.15) is 0 Å². The van der Waals surface area contributed by atoms with Gasteiger partial charge >= 0.3 is 0 Å². The fourth-order valence-electron chi connectivity index (χ4n) is 5.46. The Kier molecular flexibility index (Phi) is 3.52. The van der Waals surface area contributed by atoms with Crippen LogP contribution in [-0.4, -0.2) is 48.6 Å². The number of hydrogen-bond acceptors (Lipinski definition) is 3. The zero-order chi connectivity index (χ0) is 15.3. The third-order valence-electron chi connectivity index (χ3n) is 7.17. The molecule has 0 aromatic heterocycles. The summed E-state index contributed by atoms with van der Waals surface area (Å²) in [7, 11) is 0. The maximum absolute atomic E-state index is 3.43. The van der Waals surface area contributed by atoms with Gasteiger partial charge in [0.1, 0.15) is 0 Å². The number of rotatable bonds is 2. The highest BCUT2D eigenvalue weighted by Gasteiger charge is 2.56. The molecule has 1 saturated heterocycles. The Bertz CT molecular complexity index is 487. The lowest BCUT2D eigenvalue weighted by Crippen LogP contribution is -2.60. The Morgan fingerprint density at radius 3 is 2.55 bits per heavy atom. The standard InChI is InChI=1S/C19H31N3/c1-14-17-12-15(19(17,2)3)13-18(14)22-8-4-16(5-9-22)21-10-6-20-7-11-21/h4-5,8,14-15,17-18,20H,6-7,9-13H2,1-3H3/t14?,15-,17+,18?/m1/s1. The van der Waals surface area contributed by atoms with E-state index in [-0.39, 0.29) is 0 Å². The van der Waals surface area contributed by atoms with Crippen LogP contribution < -0.4 is 5.32 Å². The van der Waals surface area contributed by atoms with Crippen molar-refractivity contribution >= 4 is 0 Å². The van der Waals surface area contributed by atoms with Crippen molar-refractivity contribution in [2.75, 3.05) is 32.7 Å². The number of nitrogens with zero attached hydrogens (tertiary/aromatic N) is 2. The fraction of sp³-hybridized carbons (Fsp3) is 0.789. The molecule has 3 nitrogen and oxygen atoms in total. The van der Waals surface area contributed by atoms with Gasteiger partial charge in [0.15, 0.2) is 0 Å². The van der Waals surface area contributed by atoms with Crippen molar-refractivity contribution < 1.29 is 0 Å².